The van der Waals surface area contributed by atoms with E-state index in [-0.39, 0.29) is 5.09 Å². The van der Waals surface area contributed by atoms with Gasteiger partial charge in [0.2, 0.25) is 5.09 Å². The minimum absolute atomic E-state index is 0.174. The second kappa shape index (κ2) is 6.51. The van der Waals surface area contributed by atoms with Gasteiger partial charge in [0, 0.05) is 11.3 Å². The summed E-state index contributed by atoms with van der Waals surface area (Å²) in [6, 6.07) is 3.05. The van der Waals surface area contributed by atoms with Crippen molar-refractivity contribution in [3.05, 3.63) is 17.9 Å². The van der Waals surface area contributed by atoms with Crippen molar-refractivity contribution in [3.8, 4) is 0 Å². The zero-order chi connectivity index (χ0) is 14.6. The number of thioether (sulfide) groups is 1. The smallest absolute Gasteiger partial charge is 0.271 e. The molecule has 2 rings (SSSR count). The number of furan rings is 1. The van der Waals surface area contributed by atoms with Gasteiger partial charge in [0.1, 0.15) is 5.76 Å². The lowest BCUT2D eigenvalue weighted by Gasteiger charge is -2.35. The van der Waals surface area contributed by atoms with E-state index in [1.54, 1.807) is 6.07 Å². The maximum atomic E-state index is 11.1. The van der Waals surface area contributed by atoms with Gasteiger partial charge in [-0.15, -0.1) is 0 Å². The van der Waals surface area contributed by atoms with Crippen LogP contribution in [0.15, 0.2) is 21.6 Å². The Balaban J connectivity index is 1.87. The summed E-state index contributed by atoms with van der Waals surface area (Å²) < 4.78 is 27.8. The van der Waals surface area contributed by atoms with Crippen molar-refractivity contribution in [3.63, 3.8) is 0 Å². The van der Waals surface area contributed by atoms with E-state index < -0.39 is 10.0 Å². The minimum atomic E-state index is -3.74. The van der Waals surface area contributed by atoms with Crippen molar-refractivity contribution < 1.29 is 12.8 Å². The third kappa shape index (κ3) is 4.00. The molecule has 7 heteroatoms. The molecule has 0 saturated heterocycles. The predicted octanol–water partition coefficient (Wildman–Crippen LogP) is 2.08. The van der Waals surface area contributed by atoms with E-state index in [1.807, 2.05) is 11.8 Å². The largest absolute Gasteiger partial charge is 0.447 e. The average molecular weight is 318 g/mol. The molecule has 0 spiro atoms. The molecule has 1 aromatic heterocycles. The number of nitrogens with one attached hydrogen (secondary N) is 1. The monoisotopic (exact) mass is 318 g/mol. The Morgan fingerprint density at radius 2 is 2.05 bits per heavy atom. The predicted molar refractivity (Wildman–Crippen MR) is 81.1 cm³/mol. The van der Waals surface area contributed by atoms with Crippen LogP contribution in [0.2, 0.25) is 0 Å². The molecule has 0 unspecified atom stereocenters. The summed E-state index contributed by atoms with van der Waals surface area (Å²) in [4.78, 5) is 0. The number of sulfonamides is 1. The number of rotatable bonds is 6. The molecule has 1 aliphatic carbocycles. The van der Waals surface area contributed by atoms with Crippen LogP contribution in [0.1, 0.15) is 37.9 Å². The van der Waals surface area contributed by atoms with Crippen LogP contribution in [0.5, 0.6) is 0 Å². The zero-order valence-electron chi connectivity index (χ0n) is 11.7. The minimum Gasteiger partial charge on any atom is -0.447 e. The fourth-order valence-electron chi connectivity index (χ4n) is 2.67. The first-order valence-corrected chi connectivity index (χ1v) is 9.60. The van der Waals surface area contributed by atoms with Gasteiger partial charge in [-0.3, -0.25) is 0 Å². The zero-order valence-corrected chi connectivity index (χ0v) is 13.4. The molecular formula is C13H22N2O3S2. The molecule has 5 nitrogen and oxygen atoms in total. The maximum absolute atomic E-state index is 11.1. The second-order valence-electron chi connectivity index (χ2n) is 5.32. The Morgan fingerprint density at radius 1 is 1.35 bits per heavy atom. The highest BCUT2D eigenvalue weighted by atomic mass is 32.2. The molecule has 1 fully saturated rings. The fraction of sp³-hybridized carbons (Fsp3) is 0.692. The Morgan fingerprint density at radius 3 is 2.60 bits per heavy atom. The molecule has 0 aliphatic heterocycles. The standard InChI is InChI=1S/C13H22N2O3S2/c1-19-13(7-3-2-4-8-13)10-15-9-11-5-6-12(18-11)20(14,16)17/h5-6,15H,2-4,7-10H2,1H3,(H2,14,16,17). The highest BCUT2D eigenvalue weighted by Crippen LogP contribution is 2.37. The van der Waals surface area contributed by atoms with Crippen LogP contribution in [0.4, 0.5) is 0 Å². The van der Waals surface area contributed by atoms with E-state index in [4.69, 9.17) is 9.56 Å². The Kier molecular flexibility index (Phi) is 5.17. The van der Waals surface area contributed by atoms with Crippen molar-refractivity contribution in [1.82, 2.24) is 5.32 Å². The molecule has 1 heterocycles. The van der Waals surface area contributed by atoms with Crippen LogP contribution < -0.4 is 10.5 Å². The molecule has 0 amide bonds. The van der Waals surface area contributed by atoms with Crippen molar-refractivity contribution in [1.29, 1.82) is 0 Å². The maximum Gasteiger partial charge on any atom is 0.271 e. The lowest BCUT2D eigenvalue weighted by atomic mass is 9.88. The SMILES string of the molecule is CSC1(CNCc2ccc(S(N)(=O)=O)o2)CCCCC1. The van der Waals surface area contributed by atoms with Crippen LogP contribution >= 0.6 is 11.8 Å². The van der Waals surface area contributed by atoms with E-state index in [9.17, 15) is 8.42 Å². The van der Waals surface area contributed by atoms with Crippen molar-refractivity contribution in [2.24, 2.45) is 5.14 Å². The van der Waals surface area contributed by atoms with E-state index in [2.05, 4.69) is 11.6 Å². The van der Waals surface area contributed by atoms with Gasteiger partial charge in [-0.1, -0.05) is 19.3 Å². The topological polar surface area (TPSA) is 85.3 Å². The summed E-state index contributed by atoms with van der Waals surface area (Å²) in [7, 11) is -3.74. The third-order valence-corrected chi connectivity index (χ3v) is 6.06. The molecule has 0 bridgehead atoms. The van der Waals surface area contributed by atoms with Gasteiger partial charge in [-0.25, -0.2) is 13.6 Å². The lowest BCUT2D eigenvalue weighted by Crippen LogP contribution is -2.39. The quantitative estimate of drug-likeness (QED) is 0.839. The highest BCUT2D eigenvalue weighted by Gasteiger charge is 2.30. The molecule has 1 aromatic rings. The van der Waals surface area contributed by atoms with Crippen LogP contribution in [-0.4, -0.2) is 26.0 Å². The lowest BCUT2D eigenvalue weighted by molar-refractivity contribution is 0.361. The molecule has 20 heavy (non-hydrogen) atoms. The molecule has 0 aromatic carbocycles. The number of primary sulfonamides is 1. The van der Waals surface area contributed by atoms with Crippen LogP contribution in [0, 0.1) is 0 Å². The van der Waals surface area contributed by atoms with E-state index >= 15 is 0 Å². The van der Waals surface area contributed by atoms with Gasteiger partial charge in [0.25, 0.3) is 10.0 Å². The fourth-order valence-corrected chi connectivity index (χ4v) is 4.09. The number of hydrogen-bond donors (Lipinski definition) is 2. The summed E-state index contributed by atoms with van der Waals surface area (Å²) in [6.07, 6.45) is 8.55. The molecule has 0 atom stereocenters. The summed E-state index contributed by atoms with van der Waals surface area (Å²) >= 11 is 1.93. The molecular weight excluding hydrogens is 296 g/mol. The highest BCUT2D eigenvalue weighted by molar-refractivity contribution is 8.00. The van der Waals surface area contributed by atoms with Gasteiger partial charge >= 0.3 is 0 Å². The molecule has 1 aliphatic rings. The van der Waals surface area contributed by atoms with Gasteiger partial charge in [-0.2, -0.15) is 11.8 Å². The summed E-state index contributed by atoms with van der Waals surface area (Å²) in [5, 5.41) is 8.22. The van der Waals surface area contributed by atoms with Crippen LogP contribution in [0.3, 0.4) is 0 Å². The van der Waals surface area contributed by atoms with Crippen LogP contribution in [-0.2, 0) is 16.6 Å². The molecule has 0 radical (unpaired) electrons. The Labute approximate surface area is 124 Å². The van der Waals surface area contributed by atoms with Crippen molar-refractivity contribution >= 4 is 21.8 Å². The Hall–Kier alpha value is -0.500. The van der Waals surface area contributed by atoms with Gasteiger partial charge in [0.05, 0.1) is 6.54 Å². The van der Waals surface area contributed by atoms with Gasteiger partial charge < -0.3 is 9.73 Å². The van der Waals surface area contributed by atoms with Crippen LogP contribution in [0.25, 0.3) is 0 Å². The summed E-state index contributed by atoms with van der Waals surface area (Å²) in [5.74, 6) is 0.598. The molecule has 1 saturated carbocycles. The van der Waals surface area contributed by atoms with Gasteiger partial charge in [-0.05, 0) is 31.2 Å². The normalized spacial score (nSPS) is 19.1. The molecule has 114 valence electrons. The van der Waals surface area contributed by atoms with E-state index in [0.717, 1.165) is 6.54 Å². The summed E-state index contributed by atoms with van der Waals surface area (Å²) in [6.45, 7) is 1.44. The first-order valence-electron chi connectivity index (χ1n) is 6.83. The second-order valence-corrected chi connectivity index (χ2v) is 8.08. The van der Waals surface area contributed by atoms with E-state index in [0.29, 0.717) is 17.1 Å². The van der Waals surface area contributed by atoms with Crippen molar-refractivity contribution in [2.75, 3.05) is 12.8 Å². The van der Waals surface area contributed by atoms with Crippen molar-refractivity contribution in [2.45, 2.75) is 48.5 Å². The average Bonchev–Trinajstić information content (AvgIpc) is 2.89. The van der Waals surface area contributed by atoms with E-state index in [1.165, 1.54) is 38.2 Å². The first kappa shape index (κ1) is 15.9. The summed E-state index contributed by atoms with van der Waals surface area (Å²) in [5.41, 5.74) is 0. The third-order valence-electron chi connectivity index (χ3n) is 3.86. The Bertz CT molecular complexity index is 534. The number of nitrogens with two attached hydrogens (primary N) is 1. The van der Waals surface area contributed by atoms with Gasteiger partial charge in [0.15, 0.2) is 0 Å². The first-order chi connectivity index (χ1) is 9.45. The molecule has 3 N–H and O–H groups in total. The number of hydrogen-bond acceptors (Lipinski definition) is 5.